The number of amides is 2. The summed E-state index contributed by atoms with van der Waals surface area (Å²) in [6, 6.07) is 7.50. The molecule has 22 heavy (non-hydrogen) atoms. The highest BCUT2D eigenvalue weighted by Crippen LogP contribution is 2.12. The molecule has 0 bridgehead atoms. The first-order valence-electron chi connectivity index (χ1n) is 6.88. The van der Waals surface area contributed by atoms with E-state index >= 15 is 0 Å². The molecule has 7 nitrogen and oxygen atoms in total. The molecular formula is C15H18N4O3. The minimum atomic E-state index is -0.447. The first-order chi connectivity index (χ1) is 10.6. The highest BCUT2D eigenvalue weighted by molar-refractivity contribution is 5.95. The highest BCUT2D eigenvalue weighted by Gasteiger charge is 2.09. The molecule has 1 heterocycles. The number of nitrogens with one attached hydrogen (secondary N) is 2. The third kappa shape index (κ3) is 4.34. The number of benzene rings is 1. The standard InChI is InChI=1S/C15H18N4O3/c1-3-11-4-6-13(7-5-11)22-10-14(20)17-18-15(21)12-8-16-19(2)9-12/h4-9H,3,10H2,1-2H3,(H,17,20)(H,18,21). The van der Waals surface area contributed by atoms with Gasteiger partial charge in [0, 0.05) is 13.2 Å². The van der Waals surface area contributed by atoms with Crippen LogP contribution in [0.15, 0.2) is 36.7 Å². The lowest BCUT2D eigenvalue weighted by Crippen LogP contribution is -2.43. The molecule has 0 aliphatic rings. The van der Waals surface area contributed by atoms with Crippen LogP contribution in [0.25, 0.3) is 0 Å². The quantitative estimate of drug-likeness (QED) is 0.801. The number of hydrogen-bond donors (Lipinski definition) is 2. The minimum Gasteiger partial charge on any atom is -0.484 e. The zero-order valence-corrected chi connectivity index (χ0v) is 12.5. The van der Waals surface area contributed by atoms with Crippen molar-refractivity contribution < 1.29 is 14.3 Å². The molecule has 7 heteroatoms. The van der Waals surface area contributed by atoms with Crippen LogP contribution >= 0.6 is 0 Å². The fourth-order valence-corrected chi connectivity index (χ4v) is 1.74. The number of aryl methyl sites for hydroxylation is 2. The Hall–Kier alpha value is -2.83. The van der Waals surface area contributed by atoms with Gasteiger partial charge in [-0.1, -0.05) is 19.1 Å². The molecule has 0 aliphatic heterocycles. The lowest BCUT2D eigenvalue weighted by Gasteiger charge is -2.08. The monoisotopic (exact) mass is 302 g/mol. The number of rotatable bonds is 5. The van der Waals surface area contributed by atoms with Crippen molar-refractivity contribution in [1.82, 2.24) is 20.6 Å². The average Bonchev–Trinajstić information content (AvgIpc) is 2.97. The molecule has 2 aromatic rings. The van der Waals surface area contributed by atoms with Crippen molar-refractivity contribution in [3.8, 4) is 5.75 Å². The van der Waals surface area contributed by atoms with Crippen LogP contribution < -0.4 is 15.6 Å². The molecule has 0 saturated heterocycles. The zero-order chi connectivity index (χ0) is 15.9. The maximum Gasteiger partial charge on any atom is 0.276 e. The first kappa shape index (κ1) is 15.6. The maximum absolute atomic E-state index is 11.7. The van der Waals surface area contributed by atoms with Crippen LogP contribution in [-0.4, -0.2) is 28.2 Å². The second-order valence-corrected chi connectivity index (χ2v) is 4.69. The van der Waals surface area contributed by atoms with Gasteiger partial charge in [0.1, 0.15) is 5.75 Å². The third-order valence-corrected chi connectivity index (χ3v) is 2.98. The van der Waals surface area contributed by atoms with E-state index < -0.39 is 11.8 Å². The molecule has 0 atom stereocenters. The molecule has 0 unspecified atom stereocenters. The highest BCUT2D eigenvalue weighted by atomic mass is 16.5. The van der Waals surface area contributed by atoms with E-state index in [9.17, 15) is 9.59 Å². The smallest absolute Gasteiger partial charge is 0.276 e. The summed E-state index contributed by atoms with van der Waals surface area (Å²) in [5.41, 5.74) is 6.13. The Balaban J connectivity index is 1.74. The van der Waals surface area contributed by atoms with Crippen LogP contribution in [0.1, 0.15) is 22.8 Å². The van der Waals surface area contributed by atoms with Crippen LogP contribution in [0, 0.1) is 0 Å². The van der Waals surface area contributed by atoms with E-state index in [4.69, 9.17) is 4.74 Å². The van der Waals surface area contributed by atoms with Crippen molar-refractivity contribution in [2.45, 2.75) is 13.3 Å². The number of nitrogens with zero attached hydrogens (tertiary/aromatic N) is 2. The molecule has 1 aromatic carbocycles. The summed E-state index contributed by atoms with van der Waals surface area (Å²) in [6.45, 7) is 1.88. The van der Waals surface area contributed by atoms with E-state index in [-0.39, 0.29) is 6.61 Å². The van der Waals surface area contributed by atoms with Crippen LogP contribution in [0.2, 0.25) is 0 Å². The van der Waals surface area contributed by atoms with Crippen LogP contribution in [-0.2, 0) is 18.3 Å². The van der Waals surface area contributed by atoms with E-state index in [2.05, 4.69) is 22.9 Å². The van der Waals surface area contributed by atoms with Crippen molar-refractivity contribution in [3.63, 3.8) is 0 Å². The van der Waals surface area contributed by atoms with Crippen molar-refractivity contribution in [2.75, 3.05) is 6.61 Å². The molecule has 0 aliphatic carbocycles. The molecule has 2 rings (SSSR count). The molecule has 116 valence electrons. The summed E-state index contributed by atoms with van der Waals surface area (Å²) >= 11 is 0. The molecule has 2 amide bonds. The normalized spacial score (nSPS) is 10.1. The van der Waals surface area contributed by atoms with Gasteiger partial charge in [0.2, 0.25) is 0 Å². The SMILES string of the molecule is CCc1ccc(OCC(=O)NNC(=O)c2cnn(C)c2)cc1. The Bertz CT molecular complexity index is 649. The van der Waals surface area contributed by atoms with Crippen molar-refractivity contribution in [3.05, 3.63) is 47.8 Å². The molecule has 0 spiro atoms. The Morgan fingerprint density at radius 3 is 2.55 bits per heavy atom. The first-order valence-corrected chi connectivity index (χ1v) is 6.88. The second-order valence-electron chi connectivity index (χ2n) is 4.69. The van der Waals surface area contributed by atoms with Gasteiger partial charge < -0.3 is 4.74 Å². The van der Waals surface area contributed by atoms with E-state index in [1.165, 1.54) is 16.4 Å². The molecule has 0 radical (unpaired) electrons. The van der Waals surface area contributed by atoms with Gasteiger partial charge >= 0.3 is 0 Å². The van der Waals surface area contributed by atoms with Gasteiger partial charge in [-0.25, -0.2) is 0 Å². The van der Waals surface area contributed by atoms with Crippen molar-refractivity contribution >= 4 is 11.8 Å². The number of aromatic nitrogens is 2. The Morgan fingerprint density at radius 1 is 1.23 bits per heavy atom. The van der Waals surface area contributed by atoms with Crippen molar-refractivity contribution in [2.24, 2.45) is 7.05 Å². The lowest BCUT2D eigenvalue weighted by atomic mass is 10.2. The van der Waals surface area contributed by atoms with Gasteiger partial charge in [0.15, 0.2) is 6.61 Å². The maximum atomic E-state index is 11.7. The number of ether oxygens (including phenoxy) is 1. The van der Waals surface area contributed by atoms with Crippen LogP contribution in [0.5, 0.6) is 5.75 Å². The molecule has 1 aromatic heterocycles. The Labute approximate surface area is 128 Å². The van der Waals surface area contributed by atoms with Gasteiger partial charge in [-0.15, -0.1) is 0 Å². The fraction of sp³-hybridized carbons (Fsp3) is 0.267. The van der Waals surface area contributed by atoms with Crippen molar-refractivity contribution in [1.29, 1.82) is 0 Å². The zero-order valence-electron chi connectivity index (χ0n) is 12.5. The topological polar surface area (TPSA) is 85.2 Å². The molecule has 2 N–H and O–H groups in total. The molecular weight excluding hydrogens is 284 g/mol. The number of carbonyl (C=O) groups excluding carboxylic acids is 2. The molecule has 0 saturated carbocycles. The number of hydrazine groups is 1. The molecule has 0 fully saturated rings. The van der Waals surface area contributed by atoms with Gasteiger partial charge in [-0.05, 0) is 24.1 Å². The van der Waals surface area contributed by atoms with E-state index in [0.29, 0.717) is 11.3 Å². The summed E-state index contributed by atoms with van der Waals surface area (Å²) in [4.78, 5) is 23.3. The summed E-state index contributed by atoms with van der Waals surface area (Å²) in [7, 11) is 1.70. The van der Waals surface area contributed by atoms with Gasteiger partial charge in [-0.2, -0.15) is 5.10 Å². The summed E-state index contributed by atoms with van der Waals surface area (Å²) < 4.78 is 6.83. The summed E-state index contributed by atoms with van der Waals surface area (Å²) in [6.07, 6.45) is 3.90. The minimum absolute atomic E-state index is 0.182. The Kier molecular flexibility index (Phi) is 5.13. The van der Waals surface area contributed by atoms with Gasteiger partial charge in [0.25, 0.3) is 11.8 Å². The van der Waals surface area contributed by atoms with Gasteiger partial charge in [-0.3, -0.25) is 25.1 Å². The van der Waals surface area contributed by atoms with Gasteiger partial charge in [0.05, 0.1) is 11.8 Å². The largest absolute Gasteiger partial charge is 0.484 e. The predicted molar refractivity (Wildman–Crippen MR) is 80.1 cm³/mol. The Morgan fingerprint density at radius 2 is 1.95 bits per heavy atom. The third-order valence-electron chi connectivity index (χ3n) is 2.98. The van der Waals surface area contributed by atoms with E-state index in [0.717, 1.165) is 6.42 Å². The summed E-state index contributed by atoms with van der Waals surface area (Å²) in [5, 5.41) is 3.87. The van der Waals surface area contributed by atoms with E-state index in [1.54, 1.807) is 25.4 Å². The fourth-order valence-electron chi connectivity index (χ4n) is 1.74. The predicted octanol–water partition coefficient (Wildman–Crippen LogP) is 0.822. The van der Waals surface area contributed by atoms with E-state index in [1.807, 2.05) is 12.1 Å². The average molecular weight is 302 g/mol. The number of hydrogen-bond acceptors (Lipinski definition) is 4. The summed E-state index contributed by atoms with van der Waals surface area (Å²) in [5.74, 6) is -0.281. The second kappa shape index (κ2) is 7.26. The number of carbonyl (C=O) groups is 2. The van der Waals surface area contributed by atoms with Crippen LogP contribution in [0.3, 0.4) is 0 Å². The lowest BCUT2D eigenvalue weighted by molar-refractivity contribution is -0.123. The van der Waals surface area contributed by atoms with Crippen LogP contribution in [0.4, 0.5) is 0 Å².